The molecule has 0 spiro atoms. The number of carbonyl (C=O) groups is 1. The summed E-state index contributed by atoms with van der Waals surface area (Å²) in [7, 11) is 0. The molecule has 9 heteroatoms. The van der Waals surface area contributed by atoms with E-state index in [0.29, 0.717) is 44.5 Å². The first kappa shape index (κ1) is 27.2. The number of hydrogen-bond donors (Lipinski definition) is 2. The molecule has 1 aromatic heterocycles. The van der Waals surface area contributed by atoms with E-state index in [0.717, 1.165) is 47.2 Å². The number of carbonyl (C=O) groups excluding carboxylic acids is 1. The Morgan fingerprint density at radius 2 is 1.73 bits per heavy atom. The van der Waals surface area contributed by atoms with Crippen molar-refractivity contribution in [2.45, 2.75) is 61.5 Å². The second-order valence-corrected chi connectivity index (χ2v) is 12.7. The van der Waals surface area contributed by atoms with Crippen molar-refractivity contribution in [1.82, 2.24) is 9.88 Å². The third kappa shape index (κ3) is 5.11. The van der Waals surface area contributed by atoms with E-state index in [9.17, 15) is 13.6 Å². The molecule has 2 saturated carbocycles. The van der Waals surface area contributed by atoms with Gasteiger partial charge in [-0.15, -0.1) is 0 Å². The lowest BCUT2D eigenvalue weighted by molar-refractivity contribution is -0.123. The number of aromatic nitrogens is 1. The van der Waals surface area contributed by atoms with Gasteiger partial charge in [0.25, 0.3) is 5.91 Å². The third-order valence-electron chi connectivity index (χ3n) is 8.99. The molecule has 40 heavy (non-hydrogen) atoms. The summed E-state index contributed by atoms with van der Waals surface area (Å²) in [6, 6.07) is 19.8. The molecule has 2 atom stereocenters. The van der Waals surface area contributed by atoms with Crippen LogP contribution in [-0.4, -0.2) is 48.7 Å². The van der Waals surface area contributed by atoms with Gasteiger partial charge in [-0.05, 0) is 86.3 Å². The van der Waals surface area contributed by atoms with Gasteiger partial charge in [0.2, 0.25) is 0 Å². The van der Waals surface area contributed by atoms with Crippen LogP contribution in [0.4, 0.5) is 10.1 Å². The molecule has 2 heterocycles. The van der Waals surface area contributed by atoms with Crippen molar-refractivity contribution in [3.8, 4) is 22.4 Å². The van der Waals surface area contributed by atoms with Crippen molar-refractivity contribution < 1.29 is 17.9 Å². The molecule has 1 saturated heterocycles. The lowest BCUT2D eigenvalue weighted by Crippen LogP contribution is -2.47. The van der Waals surface area contributed by atoms with Crippen LogP contribution >= 0.6 is 0 Å². The first-order valence-electron chi connectivity index (χ1n) is 14.0. The third-order valence-corrected chi connectivity index (χ3v) is 10.3. The number of alkyl halides is 1. The number of benzene rings is 2. The Morgan fingerprint density at radius 1 is 1.05 bits per heavy atom. The van der Waals surface area contributed by atoms with Gasteiger partial charge in [-0.1, -0.05) is 54.6 Å². The first-order chi connectivity index (χ1) is 19.3. The molecule has 2 aromatic carbocycles. The predicted octanol–water partition coefficient (Wildman–Crippen LogP) is 5.11. The average Bonchev–Trinajstić information content (AvgIpc) is 3.79. The number of rotatable bonds is 8. The molecule has 1 aliphatic heterocycles. The van der Waals surface area contributed by atoms with Crippen molar-refractivity contribution in [1.29, 1.82) is 0 Å². The molecule has 3 fully saturated rings. The minimum Gasteiger partial charge on any atom is -0.771 e. The molecule has 1 amide bonds. The maximum absolute atomic E-state index is 15.3. The molecule has 2 unspecified atom stereocenters. The van der Waals surface area contributed by atoms with Crippen molar-refractivity contribution in [3.05, 3.63) is 72.4 Å². The number of amides is 1. The normalized spacial score (nSPS) is 21.7. The Hall–Kier alpha value is -2.98. The summed E-state index contributed by atoms with van der Waals surface area (Å²) in [5, 5.41) is 2.74. The molecule has 0 bridgehead atoms. The van der Waals surface area contributed by atoms with Gasteiger partial charge in [-0.2, -0.15) is 0 Å². The number of halogens is 1. The summed E-state index contributed by atoms with van der Waals surface area (Å²) in [4.78, 5) is 18.8. The summed E-state index contributed by atoms with van der Waals surface area (Å²) in [6.07, 6.45) is 5.15. The molecule has 0 radical (unpaired) electrons. The second kappa shape index (κ2) is 10.8. The van der Waals surface area contributed by atoms with Gasteiger partial charge in [-0.3, -0.25) is 18.9 Å². The molecule has 210 valence electrons. The van der Waals surface area contributed by atoms with Gasteiger partial charge >= 0.3 is 0 Å². The lowest BCUT2D eigenvalue weighted by atomic mass is 9.72. The van der Waals surface area contributed by atoms with Crippen LogP contribution in [0.3, 0.4) is 0 Å². The van der Waals surface area contributed by atoms with Crippen LogP contribution in [0.15, 0.2) is 66.9 Å². The molecule has 2 aliphatic carbocycles. The van der Waals surface area contributed by atoms with Crippen molar-refractivity contribution >= 4 is 22.7 Å². The molecular weight excluding hydrogens is 527 g/mol. The second-order valence-electron chi connectivity index (χ2n) is 11.5. The number of pyridine rings is 1. The van der Waals surface area contributed by atoms with E-state index in [2.05, 4.69) is 17.4 Å². The molecule has 3 aliphatic rings. The molecule has 6 rings (SSSR count). The number of nitrogens with zero attached hydrogens (tertiary/aromatic N) is 2. The van der Waals surface area contributed by atoms with Crippen molar-refractivity contribution in [2.75, 3.05) is 18.4 Å². The van der Waals surface area contributed by atoms with Crippen LogP contribution in [0.1, 0.15) is 50.5 Å². The fourth-order valence-electron chi connectivity index (χ4n) is 6.13. The number of anilines is 1. The molecule has 3 N–H and O–H groups in total. The smallest absolute Gasteiger partial charge is 0.259 e. The van der Waals surface area contributed by atoms with Gasteiger partial charge in [-0.25, -0.2) is 4.39 Å². The summed E-state index contributed by atoms with van der Waals surface area (Å²) in [5.74, 6) is -1.15. The zero-order valence-electron chi connectivity index (χ0n) is 22.4. The zero-order chi connectivity index (χ0) is 27.9. The number of hydrogen-bond acceptors (Lipinski definition) is 6. The maximum atomic E-state index is 15.3. The van der Waals surface area contributed by atoms with Gasteiger partial charge in [0.1, 0.15) is 0 Å². The van der Waals surface area contributed by atoms with Crippen molar-refractivity contribution in [2.24, 2.45) is 11.7 Å². The fourth-order valence-corrected chi connectivity index (χ4v) is 6.96. The Morgan fingerprint density at radius 3 is 2.30 bits per heavy atom. The van der Waals surface area contributed by atoms with Gasteiger partial charge in [0.15, 0.2) is 6.17 Å². The highest BCUT2D eigenvalue weighted by atomic mass is 32.2. The minimum absolute atomic E-state index is 0.240. The Bertz CT molecular complexity index is 1400. The summed E-state index contributed by atoms with van der Waals surface area (Å²) >= 11 is -2.17. The van der Waals surface area contributed by atoms with E-state index in [4.69, 9.17) is 10.7 Å². The van der Waals surface area contributed by atoms with Crippen LogP contribution < -0.4 is 11.1 Å². The zero-order valence-corrected chi connectivity index (χ0v) is 23.2. The van der Waals surface area contributed by atoms with E-state index in [-0.39, 0.29) is 5.54 Å². The van der Waals surface area contributed by atoms with Crippen LogP contribution in [0, 0.1) is 5.92 Å². The van der Waals surface area contributed by atoms with E-state index in [1.165, 1.54) is 0 Å². The van der Waals surface area contributed by atoms with Crippen LogP contribution in [0.5, 0.6) is 0 Å². The SMILES string of the molecule is NC1(c2ccc(-c3ncc(NC(=O)C(F)C4CCN(C5(S(=O)[O-])CC5)CC4)cc3-c3ccccc3)cc2)CCC1. The van der Waals surface area contributed by atoms with Crippen LogP contribution in [-0.2, 0) is 21.4 Å². The van der Waals surface area contributed by atoms with E-state index >= 15 is 4.39 Å². The highest BCUT2D eigenvalue weighted by Gasteiger charge is 2.50. The molecular formula is C31H34FN4O3S-. The monoisotopic (exact) mass is 561 g/mol. The predicted molar refractivity (Wildman–Crippen MR) is 154 cm³/mol. The number of nitrogens with one attached hydrogen (secondary N) is 1. The largest absolute Gasteiger partial charge is 0.771 e. The lowest BCUT2D eigenvalue weighted by Gasteiger charge is -2.39. The van der Waals surface area contributed by atoms with Crippen LogP contribution in [0.2, 0.25) is 0 Å². The summed E-state index contributed by atoms with van der Waals surface area (Å²) in [6.45, 7) is 0.954. The molecule has 3 aromatic rings. The van der Waals surface area contributed by atoms with Gasteiger partial charge in [0.05, 0.1) is 22.4 Å². The number of piperidine rings is 1. The van der Waals surface area contributed by atoms with Crippen molar-refractivity contribution in [3.63, 3.8) is 0 Å². The summed E-state index contributed by atoms with van der Waals surface area (Å²) < 4.78 is 38.6. The summed E-state index contributed by atoms with van der Waals surface area (Å²) in [5.41, 5.74) is 11.3. The Labute approximate surface area is 236 Å². The first-order valence-corrected chi connectivity index (χ1v) is 15.1. The quantitative estimate of drug-likeness (QED) is 0.370. The Kier molecular flexibility index (Phi) is 7.33. The average molecular weight is 562 g/mol. The number of likely N-dealkylation sites (tertiary alicyclic amines) is 1. The number of nitrogens with two attached hydrogens (primary N) is 1. The topological polar surface area (TPSA) is 111 Å². The van der Waals surface area contributed by atoms with E-state index < -0.39 is 33.9 Å². The van der Waals surface area contributed by atoms with Crippen LogP contribution in [0.25, 0.3) is 22.4 Å². The highest BCUT2D eigenvalue weighted by molar-refractivity contribution is 7.80. The van der Waals surface area contributed by atoms with E-state index in [1.807, 2.05) is 53.4 Å². The maximum Gasteiger partial charge on any atom is 0.259 e. The highest BCUT2D eigenvalue weighted by Crippen LogP contribution is 2.46. The van der Waals surface area contributed by atoms with Gasteiger partial charge in [0, 0.05) is 22.6 Å². The molecule has 7 nitrogen and oxygen atoms in total. The standard InChI is InChI=1S/C31H35FN4O3S/c32-27(22-11-17-36(18-12-22)31(15-16-31)40(38)39)29(37)35-25-19-26(21-5-2-1-3-6-21)28(34-20-25)23-7-9-24(10-8-23)30(33)13-4-14-30/h1-3,5-10,19-20,22,27H,4,11-18,33H2,(H,35,37)(H,38,39)/p-1. The minimum atomic E-state index is -2.17. The van der Waals surface area contributed by atoms with Gasteiger partial charge < -0.3 is 15.6 Å². The van der Waals surface area contributed by atoms with E-state index in [1.54, 1.807) is 6.20 Å². The Balaban J connectivity index is 1.18. The fraction of sp³-hybridized carbons (Fsp3) is 0.419.